The number of halogens is 1. The Bertz CT molecular complexity index is 586. The highest BCUT2D eigenvalue weighted by molar-refractivity contribution is 9.10. The van der Waals surface area contributed by atoms with Crippen LogP contribution in [-0.2, 0) is 21.3 Å². The highest BCUT2D eigenvalue weighted by Gasteiger charge is 2.30. The highest BCUT2D eigenvalue weighted by atomic mass is 79.9. The number of hydrogen-bond acceptors (Lipinski definition) is 4. The van der Waals surface area contributed by atoms with Crippen LogP contribution in [0.5, 0.6) is 0 Å². The molecule has 21 heavy (non-hydrogen) atoms. The van der Waals surface area contributed by atoms with Crippen LogP contribution in [-0.4, -0.2) is 46.1 Å². The minimum absolute atomic E-state index is 0.00707. The molecule has 0 radical (unpaired) electrons. The van der Waals surface area contributed by atoms with E-state index in [0.29, 0.717) is 29.1 Å². The SMILES string of the molecule is CNCc1ccc(S(=O)(=O)N(C)C2CCOCC2)c(Br)c1. The molecule has 0 saturated carbocycles. The zero-order valence-corrected chi connectivity index (χ0v) is 14.7. The standard InChI is InChI=1S/C14H21BrN2O3S/c1-16-10-11-3-4-14(13(15)9-11)21(18,19)17(2)12-5-7-20-8-6-12/h3-4,9,12,16H,5-8,10H2,1-2H3. The summed E-state index contributed by atoms with van der Waals surface area (Å²) in [6.07, 6.45) is 1.48. The fourth-order valence-electron chi connectivity index (χ4n) is 2.47. The lowest BCUT2D eigenvalue weighted by atomic mass is 10.1. The molecule has 0 unspecified atom stereocenters. The van der Waals surface area contributed by atoms with Gasteiger partial charge < -0.3 is 10.1 Å². The summed E-state index contributed by atoms with van der Waals surface area (Å²) in [6.45, 7) is 1.94. The molecule has 1 fully saturated rings. The summed E-state index contributed by atoms with van der Waals surface area (Å²) in [7, 11) is 0.0202. The lowest BCUT2D eigenvalue weighted by Crippen LogP contribution is -2.40. The van der Waals surface area contributed by atoms with Crippen LogP contribution in [0, 0.1) is 0 Å². The molecule has 2 rings (SSSR count). The van der Waals surface area contributed by atoms with Gasteiger partial charge in [0.15, 0.2) is 0 Å². The van der Waals surface area contributed by atoms with Crippen LogP contribution >= 0.6 is 15.9 Å². The van der Waals surface area contributed by atoms with Gasteiger partial charge in [-0.15, -0.1) is 0 Å². The van der Waals surface area contributed by atoms with Crippen LogP contribution < -0.4 is 5.32 Å². The van der Waals surface area contributed by atoms with Crippen molar-refractivity contribution >= 4 is 26.0 Å². The van der Waals surface area contributed by atoms with E-state index in [2.05, 4.69) is 21.2 Å². The number of rotatable bonds is 5. The average molecular weight is 377 g/mol. The smallest absolute Gasteiger partial charge is 0.244 e. The molecule has 1 heterocycles. The van der Waals surface area contributed by atoms with E-state index in [1.54, 1.807) is 13.1 Å². The van der Waals surface area contributed by atoms with E-state index in [-0.39, 0.29) is 6.04 Å². The summed E-state index contributed by atoms with van der Waals surface area (Å²) in [5.74, 6) is 0. The Balaban J connectivity index is 2.26. The molecule has 7 heteroatoms. The van der Waals surface area contributed by atoms with Crippen molar-refractivity contribution in [1.82, 2.24) is 9.62 Å². The Morgan fingerprint density at radius 3 is 2.62 bits per heavy atom. The van der Waals surface area contributed by atoms with Gasteiger partial charge in [0, 0.05) is 37.3 Å². The average Bonchev–Trinajstić information content (AvgIpc) is 2.47. The minimum Gasteiger partial charge on any atom is -0.381 e. The van der Waals surface area contributed by atoms with Crippen LogP contribution in [0.2, 0.25) is 0 Å². The van der Waals surface area contributed by atoms with Crippen molar-refractivity contribution in [2.24, 2.45) is 0 Å². The van der Waals surface area contributed by atoms with Crippen LogP contribution in [0.4, 0.5) is 0 Å². The maximum absolute atomic E-state index is 12.8. The molecule has 1 aliphatic rings. The summed E-state index contributed by atoms with van der Waals surface area (Å²) < 4.78 is 32.9. The van der Waals surface area contributed by atoms with E-state index in [1.807, 2.05) is 19.2 Å². The van der Waals surface area contributed by atoms with E-state index in [9.17, 15) is 8.42 Å². The fraction of sp³-hybridized carbons (Fsp3) is 0.571. The van der Waals surface area contributed by atoms with Gasteiger partial charge in [-0.05, 0) is 53.5 Å². The van der Waals surface area contributed by atoms with E-state index in [0.717, 1.165) is 18.4 Å². The Morgan fingerprint density at radius 1 is 1.38 bits per heavy atom. The Morgan fingerprint density at radius 2 is 2.05 bits per heavy atom. The zero-order valence-electron chi connectivity index (χ0n) is 12.3. The monoisotopic (exact) mass is 376 g/mol. The second-order valence-corrected chi connectivity index (χ2v) is 7.98. The second-order valence-electron chi connectivity index (χ2n) is 5.16. The Kier molecular flexibility index (Phi) is 5.79. The van der Waals surface area contributed by atoms with E-state index < -0.39 is 10.0 Å². The predicted molar refractivity (Wildman–Crippen MR) is 85.7 cm³/mol. The van der Waals surface area contributed by atoms with Crippen molar-refractivity contribution in [3.63, 3.8) is 0 Å². The van der Waals surface area contributed by atoms with Crippen LogP contribution in [0.15, 0.2) is 27.6 Å². The molecule has 0 spiro atoms. The van der Waals surface area contributed by atoms with Gasteiger partial charge in [-0.2, -0.15) is 4.31 Å². The highest BCUT2D eigenvalue weighted by Crippen LogP contribution is 2.28. The molecule has 0 amide bonds. The molecule has 1 saturated heterocycles. The van der Waals surface area contributed by atoms with Gasteiger partial charge in [0.1, 0.15) is 0 Å². The zero-order chi connectivity index (χ0) is 15.5. The lowest BCUT2D eigenvalue weighted by molar-refractivity contribution is 0.0632. The first-order valence-electron chi connectivity index (χ1n) is 6.95. The minimum atomic E-state index is -3.49. The van der Waals surface area contributed by atoms with Gasteiger partial charge in [0.2, 0.25) is 10.0 Å². The number of nitrogens with zero attached hydrogens (tertiary/aromatic N) is 1. The third-order valence-corrected chi connectivity index (χ3v) is 6.63. The number of nitrogens with one attached hydrogen (secondary N) is 1. The summed E-state index contributed by atoms with van der Waals surface area (Å²) in [5, 5.41) is 3.05. The van der Waals surface area contributed by atoms with Gasteiger partial charge in [-0.1, -0.05) is 6.07 Å². The first-order valence-corrected chi connectivity index (χ1v) is 9.19. The van der Waals surface area contributed by atoms with Gasteiger partial charge in [0.25, 0.3) is 0 Å². The molecule has 1 aliphatic heterocycles. The number of benzene rings is 1. The molecular weight excluding hydrogens is 356 g/mol. The van der Waals surface area contributed by atoms with Crippen molar-refractivity contribution in [3.8, 4) is 0 Å². The first-order chi connectivity index (χ1) is 9.96. The maximum atomic E-state index is 12.8. The van der Waals surface area contributed by atoms with Crippen LogP contribution in [0.1, 0.15) is 18.4 Å². The molecule has 0 aliphatic carbocycles. The third kappa shape index (κ3) is 3.84. The first kappa shape index (κ1) is 16.9. The van der Waals surface area contributed by atoms with Gasteiger partial charge in [-0.3, -0.25) is 0 Å². The van der Waals surface area contributed by atoms with Crippen molar-refractivity contribution in [3.05, 3.63) is 28.2 Å². The second kappa shape index (κ2) is 7.19. The normalized spacial score (nSPS) is 17.3. The van der Waals surface area contributed by atoms with Gasteiger partial charge in [-0.25, -0.2) is 8.42 Å². The molecule has 5 nitrogen and oxygen atoms in total. The van der Waals surface area contributed by atoms with Crippen molar-refractivity contribution in [2.75, 3.05) is 27.3 Å². The lowest BCUT2D eigenvalue weighted by Gasteiger charge is -2.30. The fourth-order valence-corrected chi connectivity index (χ4v) is 4.97. The largest absolute Gasteiger partial charge is 0.381 e. The Hall–Kier alpha value is -0.470. The molecule has 1 aromatic rings. The van der Waals surface area contributed by atoms with Crippen LogP contribution in [0.3, 0.4) is 0 Å². The summed E-state index contributed by atoms with van der Waals surface area (Å²) in [4.78, 5) is 0.316. The molecule has 0 bridgehead atoms. The maximum Gasteiger partial charge on any atom is 0.244 e. The number of sulfonamides is 1. The molecule has 0 aromatic heterocycles. The quantitative estimate of drug-likeness (QED) is 0.853. The third-order valence-electron chi connectivity index (χ3n) is 3.74. The predicted octanol–water partition coefficient (Wildman–Crippen LogP) is 1.97. The van der Waals surface area contributed by atoms with E-state index in [1.165, 1.54) is 4.31 Å². The Labute approximate surface area is 134 Å². The number of hydrogen-bond donors (Lipinski definition) is 1. The summed E-state index contributed by atoms with van der Waals surface area (Å²) >= 11 is 3.39. The van der Waals surface area contributed by atoms with Crippen molar-refractivity contribution < 1.29 is 13.2 Å². The summed E-state index contributed by atoms with van der Waals surface area (Å²) in [6, 6.07) is 5.36. The number of ether oxygens (including phenoxy) is 1. The van der Waals surface area contributed by atoms with Crippen molar-refractivity contribution in [2.45, 2.75) is 30.3 Å². The summed E-state index contributed by atoms with van der Waals surface area (Å²) in [5.41, 5.74) is 1.04. The van der Waals surface area contributed by atoms with Crippen molar-refractivity contribution in [1.29, 1.82) is 0 Å². The molecule has 118 valence electrons. The molecule has 1 N–H and O–H groups in total. The van der Waals surface area contributed by atoms with Crippen LogP contribution in [0.25, 0.3) is 0 Å². The van der Waals surface area contributed by atoms with E-state index in [4.69, 9.17) is 4.74 Å². The van der Waals surface area contributed by atoms with Gasteiger partial charge >= 0.3 is 0 Å². The van der Waals surface area contributed by atoms with Gasteiger partial charge in [0.05, 0.1) is 4.90 Å². The molecule has 1 aromatic carbocycles. The topological polar surface area (TPSA) is 58.6 Å². The molecule has 0 atom stereocenters. The van der Waals surface area contributed by atoms with E-state index >= 15 is 0 Å². The molecular formula is C14H21BrN2O3S.